The molecular weight excluding hydrogens is 344 g/mol. The summed E-state index contributed by atoms with van der Waals surface area (Å²) in [6, 6.07) is 20.4. The Morgan fingerprint density at radius 1 is 0.893 bits per heavy atom. The van der Waals surface area contributed by atoms with E-state index >= 15 is 0 Å². The largest absolute Gasteiger partial charge is 0.508 e. The number of benzene rings is 3. The van der Waals surface area contributed by atoms with E-state index in [1.807, 2.05) is 12.1 Å². The van der Waals surface area contributed by atoms with Gasteiger partial charge in [0.2, 0.25) is 0 Å². The molecule has 0 radical (unpaired) electrons. The van der Waals surface area contributed by atoms with Crippen LogP contribution in [0.25, 0.3) is 27.7 Å². The number of phenols is 1. The monoisotopic (exact) mass is 372 g/mol. The summed E-state index contributed by atoms with van der Waals surface area (Å²) in [4.78, 5) is 0. The van der Waals surface area contributed by atoms with Crippen molar-refractivity contribution in [2.75, 3.05) is 6.61 Å². The standard InChI is InChI=1S/C26H28O2/c1-25(2,3)24-23(28-16-26(24,4)5)19-13-18(14-20(27)15-19)22-12-8-10-17-9-6-7-11-21(17)22/h6-15,27H,16H2,1-5H3. The molecule has 2 nitrogen and oxygen atoms in total. The van der Waals surface area contributed by atoms with Crippen LogP contribution in [0.3, 0.4) is 0 Å². The minimum atomic E-state index is -0.0291. The average Bonchev–Trinajstić information content (AvgIpc) is 2.96. The highest BCUT2D eigenvalue weighted by Gasteiger charge is 2.41. The molecule has 0 saturated heterocycles. The third kappa shape index (κ3) is 3.17. The van der Waals surface area contributed by atoms with E-state index in [-0.39, 0.29) is 16.6 Å². The minimum Gasteiger partial charge on any atom is -0.508 e. The molecule has 1 aliphatic heterocycles. The Morgan fingerprint density at radius 2 is 1.57 bits per heavy atom. The number of phenolic OH excluding ortho intramolecular Hbond substituents is 1. The van der Waals surface area contributed by atoms with Gasteiger partial charge in [-0.25, -0.2) is 0 Å². The van der Waals surface area contributed by atoms with Crippen LogP contribution in [0.15, 0.2) is 66.2 Å². The molecule has 144 valence electrons. The molecule has 3 aromatic rings. The number of aromatic hydroxyl groups is 1. The summed E-state index contributed by atoms with van der Waals surface area (Å²) in [7, 11) is 0. The van der Waals surface area contributed by atoms with E-state index in [2.05, 4.69) is 83.1 Å². The molecule has 28 heavy (non-hydrogen) atoms. The minimum absolute atomic E-state index is 0.0135. The van der Waals surface area contributed by atoms with Gasteiger partial charge in [0.05, 0.1) is 6.61 Å². The molecule has 2 heteroatoms. The van der Waals surface area contributed by atoms with Gasteiger partial charge in [0.15, 0.2) is 0 Å². The molecular formula is C26H28O2. The van der Waals surface area contributed by atoms with E-state index in [0.29, 0.717) is 6.61 Å². The van der Waals surface area contributed by atoms with E-state index in [1.54, 1.807) is 0 Å². The summed E-state index contributed by atoms with van der Waals surface area (Å²) >= 11 is 0. The number of fused-ring (bicyclic) bond motifs is 1. The van der Waals surface area contributed by atoms with Crippen LogP contribution in [0.5, 0.6) is 5.75 Å². The lowest BCUT2D eigenvalue weighted by molar-refractivity contribution is 0.213. The Hall–Kier alpha value is -2.74. The van der Waals surface area contributed by atoms with Gasteiger partial charge in [-0.05, 0) is 51.1 Å². The number of rotatable bonds is 2. The van der Waals surface area contributed by atoms with E-state index in [4.69, 9.17) is 4.74 Å². The molecule has 0 aromatic heterocycles. The predicted octanol–water partition coefficient (Wildman–Crippen LogP) is 7.03. The topological polar surface area (TPSA) is 29.5 Å². The zero-order chi connectivity index (χ0) is 20.1. The highest BCUT2D eigenvalue weighted by atomic mass is 16.5. The molecule has 1 N–H and O–H groups in total. The first-order valence-corrected chi connectivity index (χ1v) is 9.87. The van der Waals surface area contributed by atoms with Gasteiger partial charge in [0.1, 0.15) is 11.5 Å². The third-order valence-corrected chi connectivity index (χ3v) is 5.51. The summed E-state index contributed by atoms with van der Waals surface area (Å²) in [5, 5.41) is 12.9. The van der Waals surface area contributed by atoms with Crippen LogP contribution in [-0.4, -0.2) is 11.7 Å². The number of hydrogen-bond acceptors (Lipinski definition) is 2. The van der Waals surface area contributed by atoms with E-state index in [1.165, 1.54) is 16.3 Å². The Morgan fingerprint density at radius 3 is 2.32 bits per heavy atom. The summed E-state index contributed by atoms with van der Waals surface area (Å²) in [5.41, 5.74) is 4.32. The lowest BCUT2D eigenvalue weighted by Gasteiger charge is -2.31. The highest BCUT2D eigenvalue weighted by molar-refractivity contribution is 5.97. The van der Waals surface area contributed by atoms with Crippen molar-refractivity contribution in [2.24, 2.45) is 10.8 Å². The first kappa shape index (κ1) is 18.6. The second-order valence-electron chi connectivity index (χ2n) is 9.42. The quantitative estimate of drug-likeness (QED) is 0.523. The van der Waals surface area contributed by atoms with Crippen molar-refractivity contribution in [3.8, 4) is 16.9 Å². The van der Waals surface area contributed by atoms with Gasteiger partial charge in [0.25, 0.3) is 0 Å². The maximum atomic E-state index is 10.5. The Labute approximate surface area is 167 Å². The molecule has 0 unspecified atom stereocenters. The molecule has 0 atom stereocenters. The summed E-state index contributed by atoms with van der Waals surface area (Å²) in [6.45, 7) is 11.8. The second-order valence-corrected chi connectivity index (χ2v) is 9.42. The average molecular weight is 373 g/mol. The summed E-state index contributed by atoms with van der Waals surface area (Å²) in [5.74, 6) is 1.17. The molecule has 3 aromatic carbocycles. The fraction of sp³-hybridized carbons (Fsp3) is 0.308. The molecule has 0 saturated carbocycles. The lowest BCUT2D eigenvalue weighted by Crippen LogP contribution is -2.24. The molecule has 1 aliphatic rings. The fourth-order valence-corrected chi connectivity index (χ4v) is 4.66. The van der Waals surface area contributed by atoms with Gasteiger partial charge in [-0.2, -0.15) is 0 Å². The Kier molecular flexibility index (Phi) is 4.26. The molecule has 0 aliphatic carbocycles. The molecule has 0 spiro atoms. The van der Waals surface area contributed by atoms with Crippen LogP contribution < -0.4 is 0 Å². The van der Waals surface area contributed by atoms with E-state index < -0.39 is 0 Å². The van der Waals surface area contributed by atoms with Gasteiger partial charge in [-0.15, -0.1) is 0 Å². The molecule has 4 rings (SSSR count). The lowest BCUT2D eigenvalue weighted by atomic mass is 9.71. The first-order chi connectivity index (χ1) is 13.2. The van der Waals surface area contributed by atoms with Gasteiger partial charge in [-0.3, -0.25) is 0 Å². The van der Waals surface area contributed by atoms with E-state index in [9.17, 15) is 5.11 Å². The fourth-order valence-electron chi connectivity index (χ4n) is 4.66. The SMILES string of the molecule is CC(C)(C)C1=C(c2cc(O)cc(-c3cccc4ccccc34)c2)OCC1(C)C. The van der Waals surface area contributed by atoms with Crippen LogP contribution in [-0.2, 0) is 4.74 Å². The number of ether oxygens (including phenoxy) is 1. The maximum Gasteiger partial charge on any atom is 0.127 e. The second kappa shape index (κ2) is 6.41. The zero-order valence-electron chi connectivity index (χ0n) is 17.3. The van der Waals surface area contributed by atoms with Crippen LogP contribution in [0.4, 0.5) is 0 Å². The number of hydrogen-bond donors (Lipinski definition) is 1. The van der Waals surface area contributed by atoms with Crippen LogP contribution >= 0.6 is 0 Å². The first-order valence-electron chi connectivity index (χ1n) is 9.87. The van der Waals surface area contributed by atoms with Gasteiger partial charge in [0, 0.05) is 11.0 Å². The highest BCUT2D eigenvalue weighted by Crippen LogP contribution is 2.50. The van der Waals surface area contributed by atoms with Gasteiger partial charge >= 0.3 is 0 Å². The van der Waals surface area contributed by atoms with E-state index in [0.717, 1.165) is 22.4 Å². The summed E-state index contributed by atoms with van der Waals surface area (Å²) < 4.78 is 6.20. The molecule has 0 fully saturated rings. The molecule has 0 bridgehead atoms. The van der Waals surface area contributed by atoms with Crippen LogP contribution in [0.1, 0.15) is 40.2 Å². The van der Waals surface area contributed by atoms with Crippen molar-refractivity contribution < 1.29 is 9.84 Å². The van der Waals surface area contributed by atoms with Crippen molar-refractivity contribution in [1.29, 1.82) is 0 Å². The zero-order valence-corrected chi connectivity index (χ0v) is 17.3. The smallest absolute Gasteiger partial charge is 0.127 e. The molecule has 1 heterocycles. The Balaban J connectivity index is 1.94. The van der Waals surface area contributed by atoms with Crippen molar-refractivity contribution in [1.82, 2.24) is 0 Å². The van der Waals surface area contributed by atoms with Crippen LogP contribution in [0.2, 0.25) is 0 Å². The Bertz CT molecular complexity index is 1080. The third-order valence-electron chi connectivity index (χ3n) is 5.51. The normalized spacial score (nSPS) is 16.5. The van der Waals surface area contributed by atoms with Gasteiger partial charge < -0.3 is 9.84 Å². The van der Waals surface area contributed by atoms with Gasteiger partial charge in [-0.1, -0.05) is 77.1 Å². The van der Waals surface area contributed by atoms with Crippen molar-refractivity contribution in [3.63, 3.8) is 0 Å². The van der Waals surface area contributed by atoms with Crippen molar-refractivity contribution in [3.05, 3.63) is 71.8 Å². The predicted molar refractivity (Wildman–Crippen MR) is 117 cm³/mol. The summed E-state index contributed by atoms with van der Waals surface area (Å²) in [6.07, 6.45) is 0. The van der Waals surface area contributed by atoms with Crippen molar-refractivity contribution in [2.45, 2.75) is 34.6 Å². The van der Waals surface area contributed by atoms with Crippen LogP contribution in [0, 0.1) is 10.8 Å². The van der Waals surface area contributed by atoms with Crippen molar-refractivity contribution >= 4 is 16.5 Å². The maximum absolute atomic E-state index is 10.5. The molecule has 0 amide bonds.